The highest BCUT2D eigenvalue weighted by Crippen LogP contribution is 2.25. The molecule has 1 N–H and O–H groups in total. The van der Waals surface area contributed by atoms with Gasteiger partial charge < -0.3 is 10.1 Å². The van der Waals surface area contributed by atoms with Crippen LogP contribution in [0.2, 0.25) is 0 Å². The Morgan fingerprint density at radius 1 is 1.11 bits per heavy atom. The number of nitrogens with zero attached hydrogens (tertiary/aromatic N) is 2. The van der Waals surface area contributed by atoms with Gasteiger partial charge in [0.15, 0.2) is 0 Å². The maximum Gasteiger partial charge on any atom is 0.252 e. The van der Waals surface area contributed by atoms with Crippen molar-refractivity contribution in [3.05, 3.63) is 65.7 Å². The number of carbonyl (C=O) groups excluding carboxylic acids is 1. The first-order valence-corrected chi connectivity index (χ1v) is 9.76. The number of benzene rings is 2. The first-order valence-electron chi connectivity index (χ1n) is 9.76. The summed E-state index contributed by atoms with van der Waals surface area (Å²) >= 11 is 0. The van der Waals surface area contributed by atoms with Crippen molar-refractivity contribution >= 4 is 16.8 Å². The van der Waals surface area contributed by atoms with Gasteiger partial charge in [-0.3, -0.25) is 9.69 Å². The largest absolute Gasteiger partial charge is 0.379 e. The number of amides is 1. The maximum absolute atomic E-state index is 13.0. The first-order chi connectivity index (χ1) is 13.7. The third-order valence-electron chi connectivity index (χ3n) is 5.09. The van der Waals surface area contributed by atoms with Gasteiger partial charge in [0, 0.05) is 37.1 Å². The van der Waals surface area contributed by atoms with E-state index < -0.39 is 0 Å². The third-order valence-corrected chi connectivity index (χ3v) is 5.09. The fourth-order valence-electron chi connectivity index (χ4n) is 3.56. The summed E-state index contributed by atoms with van der Waals surface area (Å²) in [6.07, 6.45) is 0. The van der Waals surface area contributed by atoms with Gasteiger partial charge in [-0.25, -0.2) is 4.98 Å². The summed E-state index contributed by atoms with van der Waals surface area (Å²) in [6.45, 7) is 6.89. The van der Waals surface area contributed by atoms with Crippen LogP contribution in [-0.4, -0.2) is 55.2 Å². The highest BCUT2D eigenvalue weighted by atomic mass is 16.5. The molecule has 0 saturated carbocycles. The van der Waals surface area contributed by atoms with E-state index in [1.54, 1.807) is 0 Å². The van der Waals surface area contributed by atoms with Gasteiger partial charge in [0.2, 0.25) is 0 Å². The zero-order chi connectivity index (χ0) is 19.3. The molecule has 1 aromatic heterocycles. The van der Waals surface area contributed by atoms with Crippen LogP contribution in [0.25, 0.3) is 22.2 Å². The van der Waals surface area contributed by atoms with Crippen LogP contribution in [0.5, 0.6) is 0 Å². The Bertz CT molecular complexity index is 980. The van der Waals surface area contributed by atoms with Crippen molar-refractivity contribution in [2.75, 3.05) is 39.4 Å². The van der Waals surface area contributed by atoms with Crippen LogP contribution in [0, 0.1) is 6.92 Å². The number of carbonyl (C=O) groups is 1. The van der Waals surface area contributed by atoms with E-state index in [-0.39, 0.29) is 5.91 Å². The average molecular weight is 375 g/mol. The number of rotatable bonds is 5. The van der Waals surface area contributed by atoms with Gasteiger partial charge in [-0.2, -0.15) is 0 Å². The Balaban J connectivity index is 1.58. The van der Waals surface area contributed by atoms with Crippen molar-refractivity contribution in [1.82, 2.24) is 15.2 Å². The molecule has 1 saturated heterocycles. The monoisotopic (exact) mass is 375 g/mol. The Morgan fingerprint density at radius 3 is 2.75 bits per heavy atom. The second-order valence-electron chi connectivity index (χ2n) is 7.15. The summed E-state index contributed by atoms with van der Waals surface area (Å²) in [5.41, 5.74) is 4.52. The number of ether oxygens (including phenoxy) is 1. The molecule has 1 aliphatic heterocycles. The highest BCUT2D eigenvalue weighted by molar-refractivity contribution is 6.07. The minimum absolute atomic E-state index is 0.0548. The Morgan fingerprint density at radius 2 is 1.93 bits per heavy atom. The normalized spacial score (nSPS) is 14.9. The van der Waals surface area contributed by atoms with Gasteiger partial charge in [0.1, 0.15) is 0 Å². The predicted octanol–water partition coefficient (Wildman–Crippen LogP) is 3.27. The summed E-state index contributed by atoms with van der Waals surface area (Å²) in [4.78, 5) is 20.1. The van der Waals surface area contributed by atoms with E-state index in [1.165, 1.54) is 5.56 Å². The molecule has 0 aliphatic carbocycles. The van der Waals surface area contributed by atoms with Gasteiger partial charge >= 0.3 is 0 Å². The fourth-order valence-corrected chi connectivity index (χ4v) is 3.56. The van der Waals surface area contributed by atoms with Crippen LogP contribution in [0.1, 0.15) is 15.9 Å². The predicted molar refractivity (Wildman–Crippen MR) is 112 cm³/mol. The third kappa shape index (κ3) is 4.21. The Labute approximate surface area is 165 Å². The number of hydrogen-bond acceptors (Lipinski definition) is 4. The van der Waals surface area contributed by atoms with Gasteiger partial charge in [-0.05, 0) is 25.1 Å². The van der Waals surface area contributed by atoms with Gasteiger partial charge in [-0.15, -0.1) is 0 Å². The van der Waals surface area contributed by atoms with Gasteiger partial charge in [-0.1, -0.05) is 42.0 Å². The standard InChI is InChI=1S/C23H25N3O2/c1-17-5-4-6-18(15-17)22-16-20(19-7-2-3-8-21(19)25-22)23(27)24-9-10-26-11-13-28-14-12-26/h2-8,15-16H,9-14H2,1H3,(H,24,27). The molecule has 1 aliphatic rings. The van der Waals surface area contributed by atoms with E-state index in [1.807, 2.05) is 42.5 Å². The molecule has 0 spiro atoms. The highest BCUT2D eigenvalue weighted by Gasteiger charge is 2.15. The molecule has 5 nitrogen and oxygen atoms in total. The molecular formula is C23H25N3O2. The lowest BCUT2D eigenvalue weighted by Crippen LogP contribution is -2.41. The van der Waals surface area contributed by atoms with E-state index in [4.69, 9.17) is 9.72 Å². The van der Waals surface area contributed by atoms with Crippen LogP contribution in [-0.2, 0) is 4.74 Å². The zero-order valence-corrected chi connectivity index (χ0v) is 16.1. The van der Waals surface area contributed by atoms with Crippen LogP contribution in [0.15, 0.2) is 54.6 Å². The van der Waals surface area contributed by atoms with Crippen molar-refractivity contribution in [2.45, 2.75) is 6.92 Å². The molecule has 2 heterocycles. The molecule has 0 radical (unpaired) electrons. The van der Waals surface area contributed by atoms with Crippen molar-refractivity contribution in [1.29, 1.82) is 0 Å². The topological polar surface area (TPSA) is 54.5 Å². The number of para-hydroxylation sites is 1. The smallest absolute Gasteiger partial charge is 0.252 e. The fraction of sp³-hybridized carbons (Fsp3) is 0.304. The van der Waals surface area contributed by atoms with E-state index in [2.05, 4.69) is 29.3 Å². The number of aryl methyl sites for hydroxylation is 1. The van der Waals surface area contributed by atoms with Crippen molar-refractivity contribution < 1.29 is 9.53 Å². The summed E-state index contributed by atoms with van der Waals surface area (Å²) < 4.78 is 5.37. The lowest BCUT2D eigenvalue weighted by atomic mass is 10.0. The molecule has 0 atom stereocenters. The van der Waals surface area contributed by atoms with E-state index in [9.17, 15) is 4.79 Å². The number of fused-ring (bicyclic) bond motifs is 1. The van der Waals surface area contributed by atoms with Gasteiger partial charge in [0.05, 0.1) is 30.0 Å². The molecular weight excluding hydrogens is 350 g/mol. The van der Waals surface area contributed by atoms with E-state index >= 15 is 0 Å². The first kappa shape index (κ1) is 18.6. The molecule has 1 amide bonds. The zero-order valence-electron chi connectivity index (χ0n) is 16.1. The quantitative estimate of drug-likeness (QED) is 0.744. The lowest BCUT2D eigenvalue weighted by molar-refractivity contribution is 0.0383. The Hall–Kier alpha value is -2.76. The number of pyridine rings is 1. The second kappa shape index (κ2) is 8.50. The molecule has 0 unspecified atom stereocenters. The maximum atomic E-state index is 13.0. The van der Waals surface area contributed by atoms with E-state index in [0.717, 1.165) is 55.0 Å². The van der Waals surface area contributed by atoms with Crippen molar-refractivity contribution in [3.63, 3.8) is 0 Å². The number of morpholine rings is 1. The van der Waals surface area contributed by atoms with Gasteiger partial charge in [0.25, 0.3) is 5.91 Å². The summed E-state index contributed by atoms with van der Waals surface area (Å²) in [6, 6.07) is 17.9. The van der Waals surface area contributed by atoms with E-state index in [0.29, 0.717) is 12.1 Å². The number of aromatic nitrogens is 1. The van der Waals surface area contributed by atoms with Crippen LogP contribution in [0.3, 0.4) is 0 Å². The molecule has 1 fully saturated rings. The molecule has 3 aromatic rings. The molecule has 28 heavy (non-hydrogen) atoms. The SMILES string of the molecule is Cc1cccc(-c2cc(C(=O)NCCN3CCOCC3)c3ccccc3n2)c1. The Kier molecular flexibility index (Phi) is 5.65. The molecule has 0 bridgehead atoms. The average Bonchev–Trinajstić information content (AvgIpc) is 2.73. The van der Waals surface area contributed by atoms with Crippen molar-refractivity contribution in [2.24, 2.45) is 0 Å². The summed E-state index contributed by atoms with van der Waals surface area (Å²) in [5.74, 6) is -0.0548. The van der Waals surface area contributed by atoms with Crippen LogP contribution < -0.4 is 5.32 Å². The molecule has 5 heteroatoms. The summed E-state index contributed by atoms with van der Waals surface area (Å²) in [7, 11) is 0. The molecule has 4 rings (SSSR count). The minimum Gasteiger partial charge on any atom is -0.379 e. The minimum atomic E-state index is -0.0548. The van der Waals surface area contributed by atoms with Crippen LogP contribution >= 0.6 is 0 Å². The molecule has 144 valence electrons. The summed E-state index contributed by atoms with van der Waals surface area (Å²) in [5, 5.41) is 3.96. The number of hydrogen-bond donors (Lipinski definition) is 1. The second-order valence-corrected chi connectivity index (χ2v) is 7.15. The van der Waals surface area contributed by atoms with Crippen LogP contribution in [0.4, 0.5) is 0 Å². The lowest BCUT2D eigenvalue weighted by Gasteiger charge is -2.26. The number of nitrogens with one attached hydrogen (secondary N) is 1. The molecule has 2 aromatic carbocycles. The van der Waals surface area contributed by atoms with Crippen molar-refractivity contribution in [3.8, 4) is 11.3 Å².